The lowest BCUT2D eigenvalue weighted by Gasteiger charge is -2.15. The normalized spacial score (nSPS) is 14.1. The fourth-order valence-corrected chi connectivity index (χ4v) is 4.28. The Morgan fingerprint density at radius 1 is 1.00 bits per heavy atom. The summed E-state index contributed by atoms with van der Waals surface area (Å²) in [5.41, 5.74) is 0.0818. The van der Waals surface area contributed by atoms with Crippen LogP contribution in [0.25, 0.3) is 6.08 Å². The number of hydrogen-bond acceptors (Lipinski definition) is 7. The lowest BCUT2D eigenvalue weighted by Crippen LogP contribution is -2.51. The standard InChI is InChI=1S/C18H13IN2O7S/c1-27-14-9-10(7-12-16(22)20-18(24)21-17(12)23)8-13(19)15(14)28-29(25,26)11-5-3-2-4-6-11/h2-9H,1H3,(H2,20,21,22,23,24). The third-order valence-corrected chi connectivity index (χ3v) is 5.77. The molecule has 29 heavy (non-hydrogen) atoms. The second kappa shape index (κ2) is 8.21. The molecule has 2 aromatic carbocycles. The maximum Gasteiger partial charge on any atom is 0.339 e. The van der Waals surface area contributed by atoms with Crippen molar-refractivity contribution in [2.45, 2.75) is 4.90 Å². The average Bonchev–Trinajstić information content (AvgIpc) is 2.67. The zero-order valence-electron chi connectivity index (χ0n) is 14.8. The predicted molar refractivity (Wildman–Crippen MR) is 110 cm³/mol. The highest BCUT2D eigenvalue weighted by Gasteiger charge is 2.28. The number of carbonyl (C=O) groups excluding carboxylic acids is 3. The summed E-state index contributed by atoms with van der Waals surface area (Å²) in [6.45, 7) is 0. The Balaban J connectivity index is 1.99. The zero-order valence-corrected chi connectivity index (χ0v) is 17.7. The van der Waals surface area contributed by atoms with Crippen LogP contribution in [-0.2, 0) is 19.7 Å². The first-order valence-corrected chi connectivity index (χ1v) is 10.5. The molecular weight excluding hydrogens is 515 g/mol. The van der Waals surface area contributed by atoms with Crippen LogP contribution in [0.5, 0.6) is 11.5 Å². The third-order valence-electron chi connectivity index (χ3n) is 3.73. The topological polar surface area (TPSA) is 128 Å². The molecule has 2 aromatic rings. The van der Waals surface area contributed by atoms with Crippen LogP contribution in [-0.4, -0.2) is 33.4 Å². The van der Waals surface area contributed by atoms with Gasteiger partial charge in [-0.3, -0.25) is 20.2 Å². The number of imide groups is 2. The molecule has 1 aliphatic heterocycles. The van der Waals surface area contributed by atoms with E-state index in [2.05, 4.69) is 0 Å². The summed E-state index contributed by atoms with van der Waals surface area (Å²) < 4.78 is 35.9. The van der Waals surface area contributed by atoms with Crippen LogP contribution in [0.1, 0.15) is 5.56 Å². The smallest absolute Gasteiger partial charge is 0.339 e. The Morgan fingerprint density at radius 3 is 2.21 bits per heavy atom. The van der Waals surface area contributed by atoms with Crippen LogP contribution in [0.2, 0.25) is 0 Å². The van der Waals surface area contributed by atoms with Gasteiger partial charge < -0.3 is 8.92 Å². The number of carbonyl (C=O) groups is 3. The Labute approximate surface area is 179 Å². The minimum Gasteiger partial charge on any atom is -0.493 e. The number of nitrogens with one attached hydrogen (secondary N) is 2. The Bertz CT molecular complexity index is 1120. The number of benzene rings is 2. The largest absolute Gasteiger partial charge is 0.493 e. The van der Waals surface area contributed by atoms with Gasteiger partial charge in [-0.1, -0.05) is 18.2 Å². The van der Waals surface area contributed by atoms with E-state index in [1.54, 1.807) is 18.2 Å². The van der Waals surface area contributed by atoms with E-state index in [0.717, 1.165) is 0 Å². The molecule has 150 valence electrons. The van der Waals surface area contributed by atoms with Gasteiger partial charge in [0.1, 0.15) is 10.5 Å². The van der Waals surface area contributed by atoms with Crippen molar-refractivity contribution in [3.8, 4) is 11.5 Å². The van der Waals surface area contributed by atoms with Crippen LogP contribution in [0.15, 0.2) is 52.9 Å². The molecular formula is C18H13IN2O7S. The number of amides is 4. The molecule has 0 spiro atoms. The van der Waals surface area contributed by atoms with E-state index in [1.165, 1.54) is 37.5 Å². The molecule has 0 aromatic heterocycles. The van der Waals surface area contributed by atoms with Crippen molar-refractivity contribution in [3.63, 3.8) is 0 Å². The van der Waals surface area contributed by atoms with Gasteiger partial charge in [0.15, 0.2) is 11.5 Å². The molecule has 1 heterocycles. The second-order valence-electron chi connectivity index (χ2n) is 5.68. The number of urea groups is 1. The lowest BCUT2D eigenvalue weighted by molar-refractivity contribution is -0.123. The number of hydrogen-bond donors (Lipinski definition) is 2. The van der Waals surface area contributed by atoms with Crippen molar-refractivity contribution < 1.29 is 31.7 Å². The third kappa shape index (κ3) is 4.56. The molecule has 0 radical (unpaired) electrons. The molecule has 1 aliphatic rings. The van der Waals surface area contributed by atoms with Crippen LogP contribution in [0, 0.1) is 3.57 Å². The van der Waals surface area contributed by atoms with E-state index >= 15 is 0 Å². The van der Waals surface area contributed by atoms with Gasteiger partial charge in [-0.05, 0) is 58.5 Å². The van der Waals surface area contributed by atoms with E-state index in [4.69, 9.17) is 8.92 Å². The minimum atomic E-state index is -4.10. The van der Waals surface area contributed by atoms with Gasteiger partial charge in [-0.25, -0.2) is 4.79 Å². The van der Waals surface area contributed by atoms with Crippen LogP contribution in [0.3, 0.4) is 0 Å². The maximum atomic E-state index is 12.5. The number of halogens is 1. The van der Waals surface area contributed by atoms with Crippen molar-refractivity contribution >= 4 is 56.6 Å². The highest BCUT2D eigenvalue weighted by Crippen LogP contribution is 2.36. The summed E-state index contributed by atoms with van der Waals surface area (Å²) in [6, 6.07) is 9.61. The second-order valence-corrected chi connectivity index (χ2v) is 8.39. The molecule has 0 atom stereocenters. The van der Waals surface area contributed by atoms with Crippen molar-refractivity contribution in [1.29, 1.82) is 0 Å². The molecule has 0 unspecified atom stereocenters. The van der Waals surface area contributed by atoms with E-state index in [1.807, 2.05) is 33.2 Å². The Morgan fingerprint density at radius 2 is 1.62 bits per heavy atom. The SMILES string of the molecule is COc1cc(C=C2C(=O)NC(=O)NC2=O)cc(I)c1OS(=O)(=O)c1ccccc1. The molecule has 1 fully saturated rings. The number of methoxy groups -OCH3 is 1. The number of rotatable bonds is 5. The van der Waals surface area contributed by atoms with Gasteiger partial charge in [0, 0.05) is 0 Å². The quantitative estimate of drug-likeness (QED) is 0.262. The summed E-state index contributed by atoms with van der Waals surface area (Å²) >= 11 is 1.85. The summed E-state index contributed by atoms with van der Waals surface area (Å²) in [5, 5.41) is 3.94. The number of ether oxygens (including phenoxy) is 1. The molecule has 0 saturated carbocycles. The first-order valence-electron chi connectivity index (χ1n) is 7.96. The summed E-state index contributed by atoms with van der Waals surface area (Å²) in [4.78, 5) is 34.9. The van der Waals surface area contributed by atoms with Gasteiger partial charge >= 0.3 is 16.1 Å². The van der Waals surface area contributed by atoms with Gasteiger partial charge in [0.25, 0.3) is 11.8 Å². The van der Waals surface area contributed by atoms with Gasteiger partial charge in [-0.2, -0.15) is 8.42 Å². The van der Waals surface area contributed by atoms with E-state index < -0.39 is 28.0 Å². The van der Waals surface area contributed by atoms with Crippen LogP contribution >= 0.6 is 22.6 Å². The Kier molecular flexibility index (Phi) is 5.88. The highest BCUT2D eigenvalue weighted by molar-refractivity contribution is 14.1. The number of barbiturate groups is 1. The molecule has 9 nitrogen and oxygen atoms in total. The van der Waals surface area contributed by atoms with Gasteiger partial charge in [-0.15, -0.1) is 0 Å². The zero-order chi connectivity index (χ0) is 21.2. The molecule has 0 aliphatic carbocycles. The summed E-state index contributed by atoms with van der Waals surface area (Å²) in [5.74, 6) is -1.65. The maximum absolute atomic E-state index is 12.5. The molecule has 3 rings (SSSR count). The molecule has 1 saturated heterocycles. The molecule has 0 bridgehead atoms. The fourth-order valence-electron chi connectivity index (χ4n) is 2.42. The van der Waals surface area contributed by atoms with Crippen molar-refractivity contribution in [1.82, 2.24) is 10.6 Å². The molecule has 11 heteroatoms. The first kappa shape index (κ1) is 20.8. The van der Waals surface area contributed by atoms with Crippen molar-refractivity contribution in [2.75, 3.05) is 7.11 Å². The fraction of sp³-hybridized carbons (Fsp3) is 0.0556. The molecule has 2 N–H and O–H groups in total. The summed E-state index contributed by atoms with van der Waals surface area (Å²) in [6.07, 6.45) is 1.25. The monoisotopic (exact) mass is 528 g/mol. The molecule has 4 amide bonds. The first-order chi connectivity index (χ1) is 13.7. The Hall–Kier alpha value is -2.93. The minimum absolute atomic E-state index is 0.0238. The predicted octanol–water partition coefficient (Wildman–Crippen LogP) is 1.82. The van der Waals surface area contributed by atoms with Crippen LogP contribution in [0.4, 0.5) is 4.79 Å². The average molecular weight is 528 g/mol. The van der Waals surface area contributed by atoms with E-state index in [0.29, 0.717) is 9.13 Å². The van der Waals surface area contributed by atoms with Crippen LogP contribution < -0.4 is 19.6 Å². The highest BCUT2D eigenvalue weighted by atomic mass is 127. The van der Waals surface area contributed by atoms with E-state index in [-0.39, 0.29) is 22.0 Å². The van der Waals surface area contributed by atoms with Crippen molar-refractivity contribution in [3.05, 3.63) is 57.2 Å². The van der Waals surface area contributed by atoms with E-state index in [9.17, 15) is 22.8 Å². The lowest BCUT2D eigenvalue weighted by atomic mass is 10.1. The van der Waals surface area contributed by atoms with Gasteiger partial charge in [0.2, 0.25) is 0 Å². The van der Waals surface area contributed by atoms with Gasteiger partial charge in [0.05, 0.1) is 10.7 Å². The van der Waals surface area contributed by atoms with Crippen molar-refractivity contribution in [2.24, 2.45) is 0 Å². The summed E-state index contributed by atoms with van der Waals surface area (Å²) in [7, 11) is -2.78.